The normalized spacial score (nSPS) is 11.6. The molecule has 1 aromatic carbocycles. The molecule has 2 aromatic rings. The average Bonchev–Trinajstić information content (AvgIpc) is 2.70. The molecule has 0 saturated carbocycles. The average molecular weight is 270 g/mol. The molecule has 2 rings (SSSR count). The van der Waals surface area contributed by atoms with Crippen LogP contribution in [0.4, 0.5) is 13.2 Å². The number of alkyl halides is 3. The van der Waals surface area contributed by atoms with Crippen molar-refractivity contribution in [3.63, 3.8) is 0 Å². The Morgan fingerprint density at radius 2 is 1.79 bits per heavy atom. The standard InChI is InChI=1S/C13H9F3O3/c1-7-11(12(17)18)10(6-19-7)8-2-4-9(5-3-8)13(14,15)16/h2-6H,1H3,(H,17,18). The van der Waals surface area contributed by atoms with Crippen LogP contribution in [-0.4, -0.2) is 11.1 Å². The summed E-state index contributed by atoms with van der Waals surface area (Å²) in [6.45, 7) is 1.48. The van der Waals surface area contributed by atoms with Gasteiger partial charge in [0.1, 0.15) is 11.3 Å². The Labute approximate surface area is 106 Å². The van der Waals surface area contributed by atoms with Crippen molar-refractivity contribution in [1.82, 2.24) is 0 Å². The molecule has 0 fully saturated rings. The van der Waals surface area contributed by atoms with Crippen LogP contribution in [0.25, 0.3) is 11.1 Å². The van der Waals surface area contributed by atoms with Crippen molar-refractivity contribution in [1.29, 1.82) is 0 Å². The SMILES string of the molecule is Cc1occ(-c2ccc(C(F)(F)F)cc2)c1C(=O)O. The second-order valence-electron chi connectivity index (χ2n) is 3.96. The van der Waals surface area contributed by atoms with Gasteiger partial charge in [-0.15, -0.1) is 0 Å². The molecule has 1 aromatic heterocycles. The summed E-state index contributed by atoms with van der Waals surface area (Å²) in [6, 6.07) is 4.26. The van der Waals surface area contributed by atoms with Crippen molar-refractivity contribution in [3.8, 4) is 11.1 Å². The summed E-state index contributed by atoms with van der Waals surface area (Å²) in [6.07, 6.45) is -3.19. The molecule has 1 heterocycles. The smallest absolute Gasteiger partial charge is 0.416 e. The molecule has 0 atom stereocenters. The first-order valence-corrected chi connectivity index (χ1v) is 5.29. The number of benzene rings is 1. The van der Waals surface area contributed by atoms with E-state index in [9.17, 15) is 18.0 Å². The third-order valence-corrected chi connectivity index (χ3v) is 2.71. The molecule has 3 nitrogen and oxygen atoms in total. The first-order valence-electron chi connectivity index (χ1n) is 5.29. The Bertz CT molecular complexity index is 609. The number of hydrogen-bond donors (Lipinski definition) is 1. The van der Waals surface area contributed by atoms with Crippen LogP contribution in [0.5, 0.6) is 0 Å². The first-order chi connectivity index (χ1) is 8.80. The van der Waals surface area contributed by atoms with Gasteiger partial charge in [-0.2, -0.15) is 13.2 Å². The number of carboxylic acids is 1. The van der Waals surface area contributed by atoms with E-state index in [-0.39, 0.29) is 16.9 Å². The summed E-state index contributed by atoms with van der Waals surface area (Å²) in [5.74, 6) is -0.969. The molecular weight excluding hydrogens is 261 g/mol. The fraction of sp³-hybridized carbons (Fsp3) is 0.154. The largest absolute Gasteiger partial charge is 0.478 e. The minimum absolute atomic E-state index is 0.0419. The molecule has 0 aliphatic heterocycles. The summed E-state index contributed by atoms with van der Waals surface area (Å²) in [5, 5.41) is 9.04. The molecular formula is C13H9F3O3. The lowest BCUT2D eigenvalue weighted by Crippen LogP contribution is -2.04. The van der Waals surface area contributed by atoms with Crippen molar-refractivity contribution in [2.24, 2.45) is 0 Å². The van der Waals surface area contributed by atoms with Gasteiger partial charge in [0.2, 0.25) is 0 Å². The van der Waals surface area contributed by atoms with Gasteiger partial charge >= 0.3 is 12.1 Å². The maximum atomic E-state index is 12.4. The van der Waals surface area contributed by atoms with Crippen LogP contribution >= 0.6 is 0 Å². The predicted molar refractivity (Wildman–Crippen MR) is 60.8 cm³/mol. The van der Waals surface area contributed by atoms with Crippen molar-refractivity contribution < 1.29 is 27.5 Å². The van der Waals surface area contributed by atoms with E-state index in [1.54, 1.807) is 0 Å². The van der Waals surface area contributed by atoms with E-state index in [2.05, 4.69) is 0 Å². The van der Waals surface area contributed by atoms with Gasteiger partial charge in [0, 0.05) is 5.56 Å². The van der Waals surface area contributed by atoms with Crippen molar-refractivity contribution in [2.75, 3.05) is 0 Å². The summed E-state index contributed by atoms with van der Waals surface area (Å²) >= 11 is 0. The van der Waals surface area contributed by atoms with Crippen LogP contribution in [0.15, 0.2) is 34.9 Å². The number of hydrogen-bond acceptors (Lipinski definition) is 2. The number of aromatic carboxylic acids is 1. The number of rotatable bonds is 2. The zero-order valence-electron chi connectivity index (χ0n) is 9.78. The Morgan fingerprint density at radius 1 is 1.21 bits per heavy atom. The molecule has 0 aliphatic rings. The Balaban J connectivity index is 2.46. The number of carbonyl (C=O) groups is 1. The summed E-state index contributed by atoms with van der Waals surface area (Å²) in [7, 11) is 0. The fourth-order valence-corrected chi connectivity index (χ4v) is 1.77. The van der Waals surface area contributed by atoms with Crippen LogP contribution in [0.2, 0.25) is 0 Å². The van der Waals surface area contributed by atoms with Gasteiger partial charge in [0.15, 0.2) is 0 Å². The highest BCUT2D eigenvalue weighted by molar-refractivity contribution is 5.96. The van der Waals surface area contributed by atoms with Crippen molar-refractivity contribution >= 4 is 5.97 Å². The van der Waals surface area contributed by atoms with Gasteiger partial charge in [-0.25, -0.2) is 4.79 Å². The molecule has 19 heavy (non-hydrogen) atoms. The van der Waals surface area contributed by atoms with Crippen LogP contribution in [0, 0.1) is 6.92 Å². The maximum Gasteiger partial charge on any atom is 0.416 e. The highest BCUT2D eigenvalue weighted by Gasteiger charge is 2.30. The minimum atomic E-state index is -4.42. The third kappa shape index (κ3) is 2.47. The zero-order valence-corrected chi connectivity index (χ0v) is 9.78. The molecule has 0 saturated heterocycles. The third-order valence-electron chi connectivity index (χ3n) is 2.71. The lowest BCUT2D eigenvalue weighted by atomic mass is 10.0. The predicted octanol–water partition coefficient (Wildman–Crippen LogP) is 3.97. The summed E-state index contributed by atoms with van der Waals surface area (Å²) in [4.78, 5) is 11.1. The zero-order chi connectivity index (χ0) is 14.2. The highest BCUT2D eigenvalue weighted by atomic mass is 19.4. The van der Waals surface area contributed by atoms with E-state index in [0.717, 1.165) is 12.1 Å². The molecule has 0 amide bonds. The first kappa shape index (κ1) is 13.2. The lowest BCUT2D eigenvalue weighted by molar-refractivity contribution is -0.137. The van der Waals surface area contributed by atoms with E-state index in [4.69, 9.17) is 9.52 Å². The minimum Gasteiger partial charge on any atom is -0.478 e. The molecule has 0 unspecified atom stereocenters. The van der Waals surface area contributed by atoms with Crippen LogP contribution in [0.1, 0.15) is 21.7 Å². The van der Waals surface area contributed by atoms with Gasteiger partial charge < -0.3 is 9.52 Å². The van der Waals surface area contributed by atoms with E-state index in [1.807, 2.05) is 0 Å². The number of carboxylic acid groups (broad SMARTS) is 1. The van der Waals surface area contributed by atoms with E-state index < -0.39 is 17.7 Å². The van der Waals surface area contributed by atoms with Gasteiger partial charge in [-0.3, -0.25) is 0 Å². The molecule has 0 bridgehead atoms. The van der Waals surface area contributed by atoms with E-state index in [0.29, 0.717) is 5.56 Å². The van der Waals surface area contributed by atoms with Gasteiger partial charge in [0.05, 0.1) is 11.8 Å². The van der Waals surface area contributed by atoms with Crippen LogP contribution in [-0.2, 0) is 6.18 Å². The second-order valence-corrected chi connectivity index (χ2v) is 3.96. The summed E-state index contributed by atoms with van der Waals surface area (Å²) in [5.41, 5.74) is -0.200. The number of halogens is 3. The van der Waals surface area contributed by atoms with Gasteiger partial charge in [-0.05, 0) is 24.6 Å². The van der Waals surface area contributed by atoms with E-state index >= 15 is 0 Å². The molecule has 0 radical (unpaired) electrons. The highest BCUT2D eigenvalue weighted by Crippen LogP contribution is 2.33. The quantitative estimate of drug-likeness (QED) is 0.898. The van der Waals surface area contributed by atoms with Gasteiger partial charge in [-0.1, -0.05) is 12.1 Å². The van der Waals surface area contributed by atoms with Gasteiger partial charge in [0.25, 0.3) is 0 Å². The second kappa shape index (κ2) is 4.46. The summed E-state index contributed by atoms with van der Waals surface area (Å²) < 4.78 is 42.3. The molecule has 100 valence electrons. The van der Waals surface area contributed by atoms with E-state index in [1.165, 1.54) is 25.3 Å². The monoisotopic (exact) mass is 270 g/mol. The maximum absolute atomic E-state index is 12.4. The van der Waals surface area contributed by atoms with Crippen molar-refractivity contribution in [3.05, 3.63) is 47.4 Å². The molecule has 0 spiro atoms. The number of aryl methyl sites for hydroxylation is 1. The fourth-order valence-electron chi connectivity index (χ4n) is 1.77. The number of furan rings is 1. The Morgan fingerprint density at radius 3 is 2.26 bits per heavy atom. The Kier molecular flexibility index (Phi) is 3.09. The van der Waals surface area contributed by atoms with Crippen LogP contribution < -0.4 is 0 Å². The Hall–Kier alpha value is -2.24. The molecule has 6 heteroatoms. The molecule has 1 N–H and O–H groups in total. The van der Waals surface area contributed by atoms with Crippen molar-refractivity contribution in [2.45, 2.75) is 13.1 Å². The topological polar surface area (TPSA) is 50.4 Å². The van der Waals surface area contributed by atoms with Crippen LogP contribution in [0.3, 0.4) is 0 Å². The molecule has 0 aliphatic carbocycles. The lowest BCUT2D eigenvalue weighted by Gasteiger charge is -2.07.